The third-order valence-corrected chi connectivity index (χ3v) is 15.3. The Bertz CT molecular complexity index is 1750. The molecule has 4 N–H and O–H groups in total. The summed E-state index contributed by atoms with van der Waals surface area (Å²) in [6, 6.07) is 9.91. The number of allylic oxidation sites excluding steroid dienone is 1. The maximum Gasteiger partial charge on any atom is 0.331 e. The first-order valence-corrected chi connectivity index (χ1v) is 18.7. The molecule has 0 bridgehead atoms. The lowest BCUT2D eigenvalue weighted by atomic mass is 9.34. The lowest BCUT2D eigenvalue weighted by Crippen LogP contribution is -2.71. The Hall–Kier alpha value is -3.13. The molecule has 6 aliphatic carbocycles. The number of fused-ring (bicyclic) bond motifs is 2. The number of carboxylic acid groups (broad SMARTS) is 1. The highest BCUT2D eigenvalue weighted by molar-refractivity contribution is 6.03. The molecule has 268 valence electrons. The Balaban J connectivity index is 1.47. The van der Waals surface area contributed by atoms with E-state index in [0.717, 1.165) is 24.8 Å². The molecule has 7 rings (SSSR count). The van der Waals surface area contributed by atoms with E-state index in [2.05, 4.69) is 26.8 Å². The number of carbonyl (C=O) groups excluding carboxylic acids is 2. The summed E-state index contributed by atoms with van der Waals surface area (Å²) < 4.78 is 0. The van der Waals surface area contributed by atoms with Crippen molar-refractivity contribution in [3.8, 4) is 0 Å². The lowest BCUT2D eigenvalue weighted by Gasteiger charge is -2.69. The number of aliphatic hydroxyl groups excluding tert-OH is 1. The van der Waals surface area contributed by atoms with Gasteiger partial charge in [0.2, 0.25) is 0 Å². The van der Waals surface area contributed by atoms with E-state index in [1.807, 2.05) is 56.3 Å². The number of rotatable bonds is 6. The number of aliphatic carboxylic acids is 1. The zero-order valence-electron chi connectivity index (χ0n) is 30.4. The summed E-state index contributed by atoms with van der Waals surface area (Å²) in [7, 11) is 0. The van der Waals surface area contributed by atoms with Gasteiger partial charge in [0.1, 0.15) is 11.4 Å². The molecular weight excluding hydrogens is 628 g/mol. The van der Waals surface area contributed by atoms with Crippen LogP contribution in [0, 0.1) is 51.2 Å². The molecule has 3 fully saturated rings. The number of benzene rings is 1. The van der Waals surface area contributed by atoms with Crippen LogP contribution in [0.4, 0.5) is 0 Å². The Morgan fingerprint density at radius 2 is 1.68 bits per heavy atom. The highest BCUT2D eigenvalue weighted by atomic mass is 16.4. The van der Waals surface area contributed by atoms with Crippen LogP contribution in [0.3, 0.4) is 0 Å². The highest BCUT2D eigenvalue weighted by Gasteiger charge is 2.80. The van der Waals surface area contributed by atoms with Crippen LogP contribution in [-0.4, -0.2) is 55.3 Å². The van der Waals surface area contributed by atoms with Gasteiger partial charge in [-0.15, -0.1) is 0 Å². The van der Waals surface area contributed by atoms with Gasteiger partial charge in [0.05, 0.1) is 11.7 Å². The molecule has 0 spiro atoms. The smallest absolute Gasteiger partial charge is 0.331 e. The van der Waals surface area contributed by atoms with Crippen molar-refractivity contribution in [2.24, 2.45) is 51.2 Å². The van der Waals surface area contributed by atoms with E-state index in [0.29, 0.717) is 43.3 Å². The minimum absolute atomic E-state index is 0.0499. The summed E-state index contributed by atoms with van der Waals surface area (Å²) in [6.07, 6.45) is 12.8. The van der Waals surface area contributed by atoms with Crippen LogP contribution in [0.2, 0.25) is 0 Å². The van der Waals surface area contributed by atoms with Gasteiger partial charge in [-0.25, -0.2) is 4.79 Å². The average molecular weight is 683 g/mol. The van der Waals surface area contributed by atoms with Gasteiger partial charge in [-0.3, -0.25) is 9.59 Å². The molecule has 7 nitrogen and oxygen atoms in total. The van der Waals surface area contributed by atoms with Crippen LogP contribution in [-0.2, 0) is 14.4 Å². The maximum absolute atomic E-state index is 15.5. The third kappa shape index (κ3) is 4.48. The van der Waals surface area contributed by atoms with E-state index in [4.69, 9.17) is 0 Å². The lowest BCUT2D eigenvalue weighted by molar-refractivity contribution is -0.170. The molecule has 6 aliphatic rings. The number of Topliss-reactive ketones (excluding diaryl/α,β-unsaturated/α-hetero) is 2. The maximum atomic E-state index is 15.5. The summed E-state index contributed by atoms with van der Waals surface area (Å²) in [6.45, 7) is 11.8. The third-order valence-electron chi connectivity index (χ3n) is 15.3. The first kappa shape index (κ1) is 35.3. The van der Waals surface area contributed by atoms with Gasteiger partial charge in [0, 0.05) is 45.6 Å². The predicted octanol–water partition coefficient (Wildman–Crippen LogP) is 6.87. The van der Waals surface area contributed by atoms with Gasteiger partial charge >= 0.3 is 5.97 Å². The fourth-order valence-electron chi connectivity index (χ4n) is 12.8. The second-order valence-electron chi connectivity index (χ2n) is 17.8. The van der Waals surface area contributed by atoms with Crippen molar-refractivity contribution in [3.63, 3.8) is 0 Å². The number of aliphatic hydroxyl groups is 3. The van der Waals surface area contributed by atoms with E-state index in [1.165, 1.54) is 13.0 Å². The van der Waals surface area contributed by atoms with Crippen molar-refractivity contribution < 1.29 is 34.8 Å². The molecule has 1 aromatic carbocycles. The second-order valence-corrected chi connectivity index (χ2v) is 17.8. The summed E-state index contributed by atoms with van der Waals surface area (Å²) >= 11 is 0. The molecule has 0 radical (unpaired) electrons. The van der Waals surface area contributed by atoms with Crippen LogP contribution in [0.25, 0.3) is 6.08 Å². The molecule has 3 saturated carbocycles. The topological polar surface area (TPSA) is 132 Å². The molecule has 0 heterocycles. The normalized spacial score (nSPS) is 44.0. The second kappa shape index (κ2) is 11.4. The van der Waals surface area contributed by atoms with Crippen molar-refractivity contribution in [3.05, 3.63) is 76.9 Å². The van der Waals surface area contributed by atoms with Crippen molar-refractivity contribution in [1.82, 2.24) is 0 Å². The Labute approximate surface area is 296 Å². The summed E-state index contributed by atoms with van der Waals surface area (Å²) in [5, 5.41) is 47.2. The zero-order chi connectivity index (χ0) is 36.2. The van der Waals surface area contributed by atoms with Gasteiger partial charge in [-0.05, 0) is 79.1 Å². The standard InChI is InChI=1S/C43H54O7/c1-25(37(47)48)22-28(44)23-27-14-10-11-15-29-34(46)33-36-41(6)40(29,5)31(27)24-42(41,49)20-21-43(36,50)30(17-16-26-12-8-7-9-13-26)35-38(2,3)32(45)18-19-39(33,35)4/h7-9,12-13,16-17,20-22,27-31,35,44,49-50H,10-11,14-15,18-19,23-24H2,1-6H3,(H,47,48)/t27-,28+,29-,30+,31+,35-,39+,40+,41+,42-,43+/m0/s1. The number of carboxylic acids is 1. The molecule has 1 aromatic rings. The first-order valence-electron chi connectivity index (χ1n) is 18.7. The molecule has 0 aliphatic heterocycles. The molecule has 7 heteroatoms. The highest BCUT2D eigenvalue weighted by Crippen LogP contribution is 2.80. The summed E-state index contributed by atoms with van der Waals surface area (Å²) in [5.41, 5.74) is -3.98. The molecular formula is C43H54O7. The first-order chi connectivity index (χ1) is 23.4. The summed E-state index contributed by atoms with van der Waals surface area (Å²) in [5.74, 6) is -2.46. The Kier molecular flexibility index (Phi) is 8.07. The van der Waals surface area contributed by atoms with Gasteiger partial charge in [0.15, 0.2) is 5.78 Å². The number of carbonyl (C=O) groups is 3. The molecule has 0 saturated heterocycles. The van der Waals surface area contributed by atoms with Gasteiger partial charge in [0.25, 0.3) is 0 Å². The monoisotopic (exact) mass is 682 g/mol. The van der Waals surface area contributed by atoms with Gasteiger partial charge < -0.3 is 20.4 Å². The fraction of sp³-hybridized carbons (Fsp3) is 0.605. The van der Waals surface area contributed by atoms with Gasteiger partial charge in [-0.2, -0.15) is 0 Å². The molecule has 0 amide bonds. The Morgan fingerprint density at radius 3 is 2.36 bits per heavy atom. The molecule has 0 aromatic heterocycles. The van der Waals surface area contributed by atoms with Crippen molar-refractivity contribution >= 4 is 23.6 Å². The van der Waals surface area contributed by atoms with Crippen LogP contribution in [0.5, 0.6) is 0 Å². The molecule has 0 unspecified atom stereocenters. The molecule has 50 heavy (non-hydrogen) atoms. The minimum Gasteiger partial charge on any atom is -0.478 e. The van der Waals surface area contributed by atoms with Crippen LogP contribution >= 0.6 is 0 Å². The van der Waals surface area contributed by atoms with Gasteiger partial charge in [-0.1, -0.05) is 102 Å². The number of ketones is 2. The van der Waals surface area contributed by atoms with E-state index < -0.39 is 56.8 Å². The minimum atomic E-state index is -1.63. The van der Waals surface area contributed by atoms with Crippen LogP contribution < -0.4 is 0 Å². The van der Waals surface area contributed by atoms with E-state index in [9.17, 15) is 30.0 Å². The van der Waals surface area contributed by atoms with E-state index >= 15 is 4.79 Å². The summed E-state index contributed by atoms with van der Waals surface area (Å²) in [4.78, 5) is 40.9. The van der Waals surface area contributed by atoms with E-state index in [1.54, 1.807) is 6.08 Å². The van der Waals surface area contributed by atoms with Crippen LogP contribution in [0.15, 0.2) is 71.4 Å². The predicted molar refractivity (Wildman–Crippen MR) is 191 cm³/mol. The fourth-order valence-corrected chi connectivity index (χ4v) is 12.8. The number of hydrogen-bond acceptors (Lipinski definition) is 6. The molecule has 11 atom stereocenters. The van der Waals surface area contributed by atoms with Crippen molar-refractivity contribution in [2.45, 2.75) is 110 Å². The zero-order valence-corrected chi connectivity index (χ0v) is 30.4. The largest absolute Gasteiger partial charge is 0.478 e. The van der Waals surface area contributed by atoms with Crippen LogP contribution in [0.1, 0.15) is 98.5 Å². The van der Waals surface area contributed by atoms with Crippen molar-refractivity contribution in [2.75, 3.05) is 0 Å². The quantitative estimate of drug-likeness (QED) is 0.190. The number of hydrogen-bond donors (Lipinski definition) is 4. The average Bonchev–Trinajstić information content (AvgIpc) is 3.23. The SMILES string of the molecule is CC(=C[C@@H](O)C[C@@H]1CCCC[C@H]2C(=O)C3=C4[C@]5(C)[C@@]2(C)[C@@H]1C[C@@]5(O)C=C[C@@]4(O)[C@H](C=Cc1ccccc1)[C@H]1C(C)(C)C(=O)CC[C@]31C)C(=O)O. The van der Waals surface area contributed by atoms with E-state index in [-0.39, 0.29) is 34.9 Å². The Morgan fingerprint density at radius 1 is 1.00 bits per heavy atom. The van der Waals surface area contributed by atoms with Crippen molar-refractivity contribution in [1.29, 1.82) is 0 Å².